The molecule has 2 saturated heterocycles. The van der Waals surface area contributed by atoms with Crippen molar-refractivity contribution in [2.75, 3.05) is 26.2 Å². The molecule has 1 unspecified atom stereocenters. The molecule has 0 radical (unpaired) electrons. The Labute approximate surface area is 115 Å². The third kappa shape index (κ3) is 4.82. The number of carbonyl (C=O) groups excluding carboxylic acids is 2. The molecule has 5 nitrogen and oxygen atoms in total. The monoisotopic (exact) mass is 267 g/mol. The van der Waals surface area contributed by atoms with Crippen LogP contribution in [-0.2, 0) is 9.59 Å². The number of nitrogens with zero attached hydrogens (tertiary/aromatic N) is 1. The topological polar surface area (TPSA) is 61.4 Å². The van der Waals surface area contributed by atoms with Crippen molar-refractivity contribution in [1.29, 1.82) is 0 Å². The second-order valence-corrected chi connectivity index (χ2v) is 5.54. The number of hydrogen-bond donors (Lipinski definition) is 2. The molecule has 1 atom stereocenters. The van der Waals surface area contributed by atoms with Crippen LogP contribution in [0.4, 0.5) is 0 Å². The van der Waals surface area contributed by atoms with Gasteiger partial charge in [0.25, 0.3) is 0 Å². The zero-order valence-electron chi connectivity index (χ0n) is 11.6. The quantitative estimate of drug-likeness (QED) is 0.786. The Morgan fingerprint density at radius 3 is 2.84 bits per heavy atom. The minimum absolute atomic E-state index is 0.123. The first-order valence-electron chi connectivity index (χ1n) is 7.53. The van der Waals surface area contributed by atoms with Crippen molar-refractivity contribution in [2.45, 2.75) is 51.0 Å². The fourth-order valence-electron chi connectivity index (χ4n) is 2.83. The van der Waals surface area contributed by atoms with Crippen molar-refractivity contribution in [3.05, 3.63) is 0 Å². The molecule has 0 spiro atoms. The van der Waals surface area contributed by atoms with Gasteiger partial charge in [-0.2, -0.15) is 0 Å². The van der Waals surface area contributed by atoms with Crippen LogP contribution in [0.25, 0.3) is 0 Å². The van der Waals surface area contributed by atoms with E-state index in [2.05, 4.69) is 10.6 Å². The minimum Gasteiger partial charge on any atom is -0.356 e. The first-order chi connectivity index (χ1) is 9.25. The summed E-state index contributed by atoms with van der Waals surface area (Å²) >= 11 is 0. The van der Waals surface area contributed by atoms with Gasteiger partial charge >= 0.3 is 0 Å². The standard InChI is InChI=1S/C14H25N3O2/c18-13-11-12(5-4-7-16-13)15-8-6-14(19)17-9-2-1-3-10-17/h12,15H,1-11H2,(H,16,18). The molecule has 2 aliphatic rings. The molecule has 19 heavy (non-hydrogen) atoms. The Morgan fingerprint density at radius 2 is 2.05 bits per heavy atom. The third-order valence-corrected chi connectivity index (χ3v) is 3.96. The van der Waals surface area contributed by atoms with E-state index in [1.54, 1.807) is 0 Å². The maximum Gasteiger partial charge on any atom is 0.223 e. The van der Waals surface area contributed by atoms with E-state index in [1.807, 2.05) is 4.90 Å². The Kier molecular flexibility index (Phi) is 5.63. The van der Waals surface area contributed by atoms with Gasteiger partial charge in [-0.05, 0) is 32.1 Å². The van der Waals surface area contributed by atoms with E-state index in [4.69, 9.17) is 0 Å². The second kappa shape index (κ2) is 7.48. The molecular weight excluding hydrogens is 242 g/mol. The molecule has 0 aromatic rings. The van der Waals surface area contributed by atoms with Crippen LogP contribution in [0, 0.1) is 0 Å². The van der Waals surface area contributed by atoms with Crippen LogP contribution < -0.4 is 10.6 Å². The molecule has 2 N–H and O–H groups in total. The van der Waals surface area contributed by atoms with E-state index in [-0.39, 0.29) is 17.9 Å². The van der Waals surface area contributed by atoms with Gasteiger partial charge in [-0.25, -0.2) is 0 Å². The molecule has 2 aliphatic heterocycles. The minimum atomic E-state index is 0.123. The van der Waals surface area contributed by atoms with Crippen molar-refractivity contribution in [1.82, 2.24) is 15.5 Å². The van der Waals surface area contributed by atoms with Crippen LogP contribution in [0.1, 0.15) is 44.9 Å². The van der Waals surface area contributed by atoms with Crippen LogP contribution >= 0.6 is 0 Å². The van der Waals surface area contributed by atoms with Gasteiger partial charge in [-0.3, -0.25) is 9.59 Å². The Morgan fingerprint density at radius 1 is 1.26 bits per heavy atom. The van der Waals surface area contributed by atoms with E-state index in [0.29, 0.717) is 19.4 Å². The van der Waals surface area contributed by atoms with Crippen LogP contribution in [-0.4, -0.2) is 48.9 Å². The average molecular weight is 267 g/mol. The molecule has 0 aromatic carbocycles. The Hall–Kier alpha value is -1.10. The molecule has 5 heteroatoms. The molecular formula is C14H25N3O2. The maximum absolute atomic E-state index is 12.0. The first-order valence-corrected chi connectivity index (χ1v) is 7.53. The van der Waals surface area contributed by atoms with Gasteiger partial charge in [0, 0.05) is 45.1 Å². The summed E-state index contributed by atoms with van der Waals surface area (Å²) in [5.74, 6) is 0.377. The van der Waals surface area contributed by atoms with Crippen LogP contribution in [0.15, 0.2) is 0 Å². The summed E-state index contributed by atoms with van der Waals surface area (Å²) in [4.78, 5) is 25.4. The van der Waals surface area contributed by atoms with Crippen LogP contribution in [0.2, 0.25) is 0 Å². The molecule has 2 rings (SSSR count). The highest BCUT2D eigenvalue weighted by atomic mass is 16.2. The lowest BCUT2D eigenvalue weighted by Gasteiger charge is -2.27. The van der Waals surface area contributed by atoms with Crippen molar-refractivity contribution < 1.29 is 9.59 Å². The lowest BCUT2D eigenvalue weighted by Crippen LogP contribution is -2.39. The van der Waals surface area contributed by atoms with Gasteiger partial charge in [-0.1, -0.05) is 0 Å². The zero-order chi connectivity index (χ0) is 13.5. The smallest absolute Gasteiger partial charge is 0.223 e. The van der Waals surface area contributed by atoms with Crippen LogP contribution in [0.5, 0.6) is 0 Å². The molecule has 2 fully saturated rings. The van der Waals surface area contributed by atoms with Crippen molar-refractivity contribution in [3.63, 3.8) is 0 Å². The Balaban J connectivity index is 1.64. The highest BCUT2D eigenvalue weighted by Crippen LogP contribution is 2.10. The summed E-state index contributed by atoms with van der Waals surface area (Å²) in [5, 5.41) is 6.22. The molecule has 108 valence electrons. The summed E-state index contributed by atoms with van der Waals surface area (Å²) in [7, 11) is 0. The van der Waals surface area contributed by atoms with Gasteiger partial charge in [0.2, 0.25) is 11.8 Å². The summed E-state index contributed by atoms with van der Waals surface area (Å²) in [6.07, 6.45) is 6.65. The fraction of sp³-hybridized carbons (Fsp3) is 0.857. The number of hydrogen-bond acceptors (Lipinski definition) is 3. The van der Waals surface area contributed by atoms with Gasteiger partial charge < -0.3 is 15.5 Å². The van der Waals surface area contributed by atoms with E-state index in [9.17, 15) is 9.59 Å². The number of nitrogens with one attached hydrogen (secondary N) is 2. The van der Waals surface area contributed by atoms with E-state index in [1.165, 1.54) is 6.42 Å². The third-order valence-electron chi connectivity index (χ3n) is 3.96. The number of likely N-dealkylation sites (tertiary alicyclic amines) is 1. The van der Waals surface area contributed by atoms with Gasteiger partial charge in [0.15, 0.2) is 0 Å². The lowest BCUT2D eigenvalue weighted by atomic mass is 10.1. The molecule has 2 heterocycles. The number of carbonyl (C=O) groups is 2. The molecule has 0 aromatic heterocycles. The SMILES string of the molecule is O=C1CC(NCCC(=O)N2CCCCC2)CCCN1. The summed E-state index contributed by atoms with van der Waals surface area (Å²) in [6, 6.07) is 0.233. The predicted octanol–water partition coefficient (Wildman–Crippen LogP) is 0.647. The second-order valence-electron chi connectivity index (χ2n) is 5.54. The fourth-order valence-corrected chi connectivity index (χ4v) is 2.83. The average Bonchev–Trinajstić information content (AvgIpc) is 2.64. The van der Waals surface area contributed by atoms with Crippen molar-refractivity contribution >= 4 is 11.8 Å². The highest BCUT2D eigenvalue weighted by Gasteiger charge is 2.19. The molecule has 0 saturated carbocycles. The van der Waals surface area contributed by atoms with E-state index >= 15 is 0 Å². The predicted molar refractivity (Wildman–Crippen MR) is 73.7 cm³/mol. The highest BCUT2D eigenvalue weighted by molar-refractivity contribution is 5.77. The first kappa shape index (κ1) is 14.3. The molecule has 2 amide bonds. The summed E-state index contributed by atoms with van der Waals surface area (Å²) in [6.45, 7) is 3.31. The van der Waals surface area contributed by atoms with Gasteiger partial charge in [0.1, 0.15) is 0 Å². The summed E-state index contributed by atoms with van der Waals surface area (Å²) in [5.41, 5.74) is 0. The normalized spacial score (nSPS) is 24.7. The van der Waals surface area contributed by atoms with Gasteiger partial charge in [0.05, 0.1) is 0 Å². The zero-order valence-corrected chi connectivity index (χ0v) is 11.6. The largest absolute Gasteiger partial charge is 0.356 e. The lowest BCUT2D eigenvalue weighted by molar-refractivity contribution is -0.132. The van der Waals surface area contributed by atoms with Crippen LogP contribution in [0.3, 0.4) is 0 Å². The molecule has 0 aliphatic carbocycles. The Bertz CT molecular complexity index is 314. The summed E-state index contributed by atoms with van der Waals surface area (Å²) < 4.78 is 0. The van der Waals surface area contributed by atoms with E-state index in [0.717, 1.165) is 45.3 Å². The van der Waals surface area contributed by atoms with Crippen molar-refractivity contribution in [3.8, 4) is 0 Å². The van der Waals surface area contributed by atoms with Gasteiger partial charge in [-0.15, -0.1) is 0 Å². The number of piperidine rings is 1. The van der Waals surface area contributed by atoms with E-state index < -0.39 is 0 Å². The van der Waals surface area contributed by atoms with Crippen molar-refractivity contribution in [2.24, 2.45) is 0 Å². The maximum atomic E-state index is 12.0. The number of amides is 2. The number of rotatable bonds is 4. The molecule has 0 bridgehead atoms.